The van der Waals surface area contributed by atoms with E-state index in [2.05, 4.69) is 10.3 Å². The van der Waals surface area contributed by atoms with Crippen LogP contribution in [0.5, 0.6) is 0 Å². The van der Waals surface area contributed by atoms with E-state index >= 15 is 0 Å². The van der Waals surface area contributed by atoms with Crippen molar-refractivity contribution in [3.8, 4) is 0 Å². The van der Waals surface area contributed by atoms with Gasteiger partial charge in [-0.25, -0.2) is 13.6 Å². The summed E-state index contributed by atoms with van der Waals surface area (Å²) >= 11 is 0. The Bertz CT molecular complexity index is 1120. The van der Waals surface area contributed by atoms with Crippen LogP contribution >= 0.6 is 0 Å². The number of fused-ring (bicyclic) bond motifs is 1. The molecule has 0 aliphatic heterocycles. The molecule has 2 aromatic carbocycles. The minimum absolute atomic E-state index is 0.119. The number of benzene rings is 2. The summed E-state index contributed by atoms with van der Waals surface area (Å²) in [6.45, 7) is -1.28. The number of aromatic nitrogens is 2. The Morgan fingerprint density at radius 3 is 2.63 bits per heavy atom. The number of hydrogen-bond acceptors (Lipinski definition) is 4. The molecule has 1 aromatic heterocycles. The molecule has 3 rings (SSSR count). The quantitative estimate of drug-likeness (QED) is 0.614. The van der Waals surface area contributed by atoms with E-state index in [1.54, 1.807) is 18.2 Å². The molecule has 0 fully saturated rings. The van der Waals surface area contributed by atoms with Crippen LogP contribution in [-0.2, 0) is 11.3 Å². The Kier molecular flexibility index (Phi) is 5.13. The van der Waals surface area contributed by atoms with Gasteiger partial charge in [-0.1, -0.05) is 18.2 Å². The van der Waals surface area contributed by atoms with Gasteiger partial charge < -0.3 is 15.4 Å². The zero-order chi connectivity index (χ0) is 19.6. The second kappa shape index (κ2) is 7.50. The monoisotopic (exact) mass is 375 g/mol. The first-order valence-electron chi connectivity index (χ1n) is 7.97. The highest BCUT2D eigenvalue weighted by atomic mass is 19.1. The third-order valence-corrected chi connectivity index (χ3v) is 4.05. The van der Waals surface area contributed by atoms with Crippen LogP contribution < -0.4 is 16.6 Å². The Hall–Kier alpha value is -3.33. The van der Waals surface area contributed by atoms with E-state index < -0.39 is 48.0 Å². The summed E-state index contributed by atoms with van der Waals surface area (Å²) in [4.78, 5) is 39.2. The normalized spacial score (nSPS) is 12.1. The van der Waals surface area contributed by atoms with Gasteiger partial charge in [-0.2, -0.15) is 0 Å². The number of aliphatic hydroxyl groups excluding tert-OH is 1. The number of H-pyrrole nitrogens is 1. The molecule has 0 saturated carbocycles. The van der Waals surface area contributed by atoms with Crippen LogP contribution in [0.25, 0.3) is 10.9 Å². The van der Waals surface area contributed by atoms with Gasteiger partial charge in [0.15, 0.2) is 0 Å². The first kappa shape index (κ1) is 18.5. The number of carbonyl (C=O) groups excluding carboxylic acids is 1. The van der Waals surface area contributed by atoms with Crippen molar-refractivity contribution in [2.45, 2.75) is 12.6 Å². The fraction of sp³-hybridized carbons (Fsp3) is 0.167. The first-order valence-corrected chi connectivity index (χ1v) is 7.97. The molecule has 1 atom stereocenters. The molecule has 3 aromatic rings. The van der Waals surface area contributed by atoms with Crippen molar-refractivity contribution in [2.24, 2.45) is 0 Å². The Balaban J connectivity index is 1.86. The molecule has 0 bridgehead atoms. The minimum Gasteiger partial charge on any atom is -0.394 e. The van der Waals surface area contributed by atoms with Crippen LogP contribution in [0, 0.1) is 11.6 Å². The second-order valence-corrected chi connectivity index (χ2v) is 5.84. The number of aliphatic hydroxyl groups is 1. The highest BCUT2D eigenvalue weighted by Crippen LogP contribution is 2.17. The third kappa shape index (κ3) is 3.77. The summed E-state index contributed by atoms with van der Waals surface area (Å²) in [7, 11) is 0. The van der Waals surface area contributed by atoms with Crippen LogP contribution in [0.3, 0.4) is 0 Å². The number of para-hydroxylation sites is 1. The zero-order valence-corrected chi connectivity index (χ0v) is 13.9. The van der Waals surface area contributed by atoms with Gasteiger partial charge in [-0.15, -0.1) is 0 Å². The molecule has 1 amide bonds. The highest BCUT2D eigenvalue weighted by Gasteiger charge is 2.19. The van der Waals surface area contributed by atoms with Crippen LogP contribution in [0.1, 0.15) is 11.6 Å². The number of rotatable bonds is 5. The lowest BCUT2D eigenvalue weighted by atomic mass is 10.1. The van der Waals surface area contributed by atoms with E-state index in [-0.39, 0.29) is 10.9 Å². The van der Waals surface area contributed by atoms with E-state index in [4.69, 9.17) is 0 Å². The van der Waals surface area contributed by atoms with E-state index in [1.807, 2.05) is 0 Å². The van der Waals surface area contributed by atoms with E-state index in [0.29, 0.717) is 16.2 Å². The summed E-state index contributed by atoms with van der Waals surface area (Å²) < 4.78 is 27.6. The number of aromatic amines is 1. The van der Waals surface area contributed by atoms with E-state index in [0.717, 1.165) is 12.1 Å². The summed E-state index contributed by atoms with van der Waals surface area (Å²) in [6.07, 6.45) is 0. The van der Waals surface area contributed by atoms with Gasteiger partial charge >= 0.3 is 5.69 Å². The van der Waals surface area contributed by atoms with Crippen molar-refractivity contribution in [3.63, 3.8) is 0 Å². The molecule has 27 heavy (non-hydrogen) atoms. The van der Waals surface area contributed by atoms with Gasteiger partial charge in [-0.3, -0.25) is 14.2 Å². The maximum atomic E-state index is 13.9. The smallest absolute Gasteiger partial charge is 0.329 e. The molecule has 3 N–H and O–H groups in total. The molecule has 7 nitrogen and oxygen atoms in total. The summed E-state index contributed by atoms with van der Waals surface area (Å²) in [6, 6.07) is 7.89. The Morgan fingerprint density at radius 1 is 1.19 bits per heavy atom. The maximum Gasteiger partial charge on any atom is 0.329 e. The lowest BCUT2D eigenvalue weighted by Crippen LogP contribution is -2.42. The molecule has 140 valence electrons. The number of halogens is 2. The summed E-state index contributed by atoms with van der Waals surface area (Å²) in [5.74, 6) is -2.52. The molecule has 0 aliphatic carbocycles. The summed E-state index contributed by atoms with van der Waals surface area (Å²) in [5.41, 5.74) is -1.21. The van der Waals surface area contributed by atoms with E-state index in [1.165, 1.54) is 6.07 Å². The van der Waals surface area contributed by atoms with Crippen LogP contribution in [0.4, 0.5) is 8.78 Å². The summed E-state index contributed by atoms with van der Waals surface area (Å²) in [5, 5.41) is 12.0. The fourth-order valence-corrected chi connectivity index (χ4v) is 2.73. The van der Waals surface area contributed by atoms with Crippen molar-refractivity contribution in [1.82, 2.24) is 14.9 Å². The predicted octanol–water partition coefficient (Wildman–Crippen LogP) is 0.818. The average molecular weight is 375 g/mol. The van der Waals surface area contributed by atoms with Crippen molar-refractivity contribution in [1.29, 1.82) is 0 Å². The number of nitrogens with zero attached hydrogens (tertiary/aromatic N) is 1. The lowest BCUT2D eigenvalue weighted by molar-refractivity contribution is -0.122. The molecular weight excluding hydrogens is 360 g/mol. The highest BCUT2D eigenvalue weighted by molar-refractivity contribution is 5.79. The first-order chi connectivity index (χ1) is 12.9. The van der Waals surface area contributed by atoms with Gasteiger partial charge in [0.05, 0.1) is 23.6 Å². The lowest BCUT2D eigenvalue weighted by Gasteiger charge is -2.17. The largest absolute Gasteiger partial charge is 0.394 e. The van der Waals surface area contributed by atoms with Crippen LogP contribution in [0.2, 0.25) is 0 Å². The van der Waals surface area contributed by atoms with Crippen molar-refractivity contribution in [2.75, 3.05) is 6.61 Å². The molecule has 1 unspecified atom stereocenters. The topological polar surface area (TPSA) is 104 Å². The number of hydrogen-bond donors (Lipinski definition) is 3. The molecule has 9 heteroatoms. The zero-order valence-electron chi connectivity index (χ0n) is 13.9. The standard InChI is InChI=1S/C18H15F2N3O4/c19-10-5-6-11(13(20)7-10)15(9-24)21-16(25)8-23-17(26)12-3-1-2-4-14(12)22-18(23)27/h1-7,15,24H,8-9H2,(H,21,25)(H,22,27). The van der Waals surface area contributed by atoms with Gasteiger partial charge in [0.25, 0.3) is 5.56 Å². The molecular formula is C18H15F2N3O4. The average Bonchev–Trinajstić information content (AvgIpc) is 2.63. The molecule has 0 radical (unpaired) electrons. The minimum atomic E-state index is -1.16. The molecule has 0 spiro atoms. The number of nitrogens with one attached hydrogen (secondary N) is 2. The number of carbonyl (C=O) groups is 1. The van der Waals surface area contributed by atoms with Crippen LogP contribution in [0.15, 0.2) is 52.1 Å². The third-order valence-electron chi connectivity index (χ3n) is 4.05. The predicted molar refractivity (Wildman–Crippen MR) is 93.2 cm³/mol. The SMILES string of the molecule is O=C(Cn1c(=O)[nH]c2ccccc2c1=O)NC(CO)c1ccc(F)cc1F. The fourth-order valence-electron chi connectivity index (χ4n) is 2.73. The van der Waals surface area contributed by atoms with Gasteiger partial charge in [0.1, 0.15) is 18.2 Å². The Morgan fingerprint density at radius 2 is 1.93 bits per heavy atom. The van der Waals surface area contributed by atoms with E-state index in [9.17, 15) is 28.3 Å². The maximum absolute atomic E-state index is 13.9. The second-order valence-electron chi connectivity index (χ2n) is 5.84. The Labute approximate surface area is 150 Å². The van der Waals surface area contributed by atoms with Crippen molar-refractivity contribution >= 4 is 16.8 Å². The molecule has 1 heterocycles. The van der Waals surface area contributed by atoms with Gasteiger partial charge in [-0.05, 0) is 18.2 Å². The van der Waals surface area contributed by atoms with Gasteiger partial charge in [0.2, 0.25) is 5.91 Å². The molecule has 0 saturated heterocycles. The van der Waals surface area contributed by atoms with Crippen LogP contribution in [-0.4, -0.2) is 27.2 Å². The molecule has 0 aliphatic rings. The number of amides is 1. The van der Waals surface area contributed by atoms with Crippen molar-refractivity contribution < 1.29 is 18.7 Å². The van der Waals surface area contributed by atoms with Gasteiger partial charge in [0, 0.05) is 11.6 Å². The van der Waals surface area contributed by atoms with Crippen molar-refractivity contribution in [3.05, 3.63) is 80.5 Å².